The highest BCUT2D eigenvalue weighted by molar-refractivity contribution is 7.89. The fourth-order valence-corrected chi connectivity index (χ4v) is 2.88. The molecule has 1 aromatic heterocycles. The van der Waals surface area contributed by atoms with Crippen LogP contribution in [0.1, 0.15) is 11.4 Å². The molecule has 0 saturated carbocycles. The lowest BCUT2D eigenvalue weighted by molar-refractivity contribution is 0.580. The Balaban J connectivity index is 2.01. The summed E-state index contributed by atoms with van der Waals surface area (Å²) < 4.78 is 28.5. The number of nitrogens with one attached hydrogen (secondary N) is 1. The molecule has 0 aliphatic rings. The third kappa shape index (κ3) is 3.84. The zero-order valence-electron chi connectivity index (χ0n) is 11.4. The van der Waals surface area contributed by atoms with Gasteiger partial charge < -0.3 is 10.3 Å². The molecule has 0 saturated heterocycles. The highest BCUT2D eigenvalue weighted by Crippen LogP contribution is 2.10. The summed E-state index contributed by atoms with van der Waals surface area (Å²) in [6, 6.07) is 6.11. The topological polar surface area (TPSA) is 103 Å². The number of aromatic nitrogens is 3. The number of thiocarbonyl (C=S) groups is 1. The molecular weight excluding hydrogens is 310 g/mol. The Kier molecular flexibility index (Phi) is 4.66. The van der Waals surface area contributed by atoms with Crippen LogP contribution in [-0.4, -0.2) is 34.7 Å². The van der Waals surface area contributed by atoms with E-state index in [0.717, 1.165) is 0 Å². The van der Waals surface area contributed by atoms with Gasteiger partial charge in [0, 0.05) is 25.6 Å². The van der Waals surface area contributed by atoms with E-state index in [-0.39, 0.29) is 16.4 Å². The molecule has 9 heteroatoms. The third-order valence-corrected chi connectivity index (χ3v) is 4.61. The Hall–Kier alpha value is -1.84. The van der Waals surface area contributed by atoms with Gasteiger partial charge in [-0.15, -0.1) is 10.2 Å². The summed E-state index contributed by atoms with van der Waals surface area (Å²) in [7, 11) is -1.76. The van der Waals surface area contributed by atoms with Crippen molar-refractivity contribution in [2.24, 2.45) is 12.8 Å². The first-order valence-electron chi connectivity index (χ1n) is 6.12. The standard InChI is InChI=1S/C12H15N5O2S2/c1-17-8-14-16-11(17)6-7-15-21(18,19)10-4-2-9(3-5-10)12(13)20/h2-5,8,15H,6-7H2,1H3,(H2,13,20). The average Bonchev–Trinajstić information content (AvgIpc) is 2.84. The molecule has 0 bridgehead atoms. The van der Waals surface area contributed by atoms with Crippen molar-refractivity contribution < 1.29 is 8.42 Å². The highest BCUT2D eigenvalue weighted by atomic mass is 32.2. The number of hydrogen-bond acceptors (Lipinski definition) is 5. The zero-order chi connectivity index (χ0) is 15.5. The predicted octanol–water partition coefficient (Wildman–Crippen LogP) is -0.0297. The van der Waals surface area contributed by atoms with Crippen LogP contribution in [-0.2, 0) is 23.5 Å². The minimum absolute atomic E-state index is 0.167. The minimum Gasteiger partial charge on any atom is -0.389 e. The van der Waals surface area contributed by atoms with Gasteiger partial charge in [0.1, 0.15) is 17.1 Å². The van der Waals surface area contributed by atoms with Crippen molar-refractivity contribution in [2.75, 3.05) is 6.54 Å². The maximum atomic E-state index is 12.1. The summed E-state index contributed by atoms with van der Waals surface area (Å²) in [5.41, 5.74) is 6.10. The second-order valence-electron chi connectivity index (χ2n) is 4.39. The first kappa shape index (κ1) is 15.5. The van der Waals surface area contributed by atoms with Gasteiger partial charge in [-0.25, -0.2) is 13.1 Å². The molecule has 0 amide bonds. The van der Waals surface area contributed by atoms with Crippen LogP contribution in [0.15, 0.2) is 35.5 Å². The first-order chi connectivity index (χ1) is 9.90. The summed E-state index contributed by atoms with van der Waals surface area (Å²) in [5, 5.41) is 7.62. The van der Waals surface area contributed by atoms with Gasteiger partial charge in [0.2, 0.25) is 10.0 Å². The second-order valence-corrected chi connectivity index (χ2v) is 6.60. The van der Waals surface area contributed by atoms with Gasteiger partial charge in [-0.05, 0) is 12.1 Å². The Morgan fingerprint density at radius 2 is 2.05 bits per heavy atom. The molecule has 1 aromatic carbocycles. The summed E-state index contributed by atoms with van der Waals surface area (Å²) in [6.45, 7) is 0.242. The monoisotopic (exact) mass is 325 g/mol. The lowest BCUT2D eigenvalue weighted by Gasteiger charge is -2.07. The Morgan fingerprint density at radius 3 is 2.57 bits per heavy atom. The number of rotatable bonds is 6. The van der Waals surface area contributed by atoms with E-state index in [0.29, 0.717) is 17.8 Å². The maximum absolute atomic E-state index is 12.1. The molecule has 0 aliphatic carbocycles. The van der Waals surface area contributed by atoms with E-state index in [2.05, 4.69) is 14.9 Å². The number of hydrogen-bond donors (Lipinski definition) is 2. The van der Waals surface area contributed by atoms with Gasteiger partial charge in [-0.1, -0.05) is 24.4 Å². The van der Waals surface area contributed by atoms with Gasteiger partial charge in [-0.3, -0.25) is 0 Å². The van der Waals surface area contributed by atoms with E-state index in [4.69, 9.17) is 18.0 Å². The predicted molar refractivity (Wildman–Crippen MR) is 82.2 cm³/mol. The van der Waals surface area contributed by atoms with E-state index in [1.165, 1.54) is 12.1 Å². The minimum atomic E-state index is -3.56. The molecule has 7 nitrogen and oxygen atoms in total. The Labute approximate surface area is 128 Å². The number of benzene rings is 1. The molecular formula is C12H15N5O2S2. The fraction of sp³-hybridized carbons (Fsp3) is 0.250. The molecule has 0 fully saturated rings. The molecule has 0 unspecified atom stereocenters. The Bertz CT molecular complexity index is 737. The van der Waals surface area contributed by atoms with Gasteiger partial charge in [0.15, 0.2) is 0 Å². The van der Waals surface area contributed by atoms with Crippen LogP contribution < -0.4 is 10.5 Å². The summed E-state index contributed by atoms with van der Waals surface area (Å²) in [4.78, 5) is 0.398. The van der Waals surface area contributed by atoms with E-state index in [1.807, 2.05) is 0 Å². The van der Waals surface area contributed by atoms with Crippen molar-refractivity contribution in [1.82, 2.24) is 19.5 Å². The number of sulfonamides is 1. The molecule has 0 atom stereocenters. The van der Waals surface area contributed by atoms with Crippen molar-refractivity contribution in [3.63, 3.8) is 0 Å². The maximum Gasteiger partial charge on any atom is 0.240 e. The molecule has 1 heterocycles. The zero-order valence-corrected chi connectivity index (χ0v) is 13.0. The van der Waals surface area contributed by atoms with Crippen LogP contribution in [0, 0.1) is 0 Å². The lowest BCUT2D eigenvalue weighted by atomic mass is 10.2. The SMILES string of the molecule is Cn1cnnc1CCNS(=O)(=O)c1ccc(C(N)=S)cc1. The van der Waals surface area contributed by atoms with Gasteiger partial charge >= 0.3 is 0 Å². The van der Waals surface area contributed by atoms with Crippen LogP contribution in [0.2, 0.25) is 0 Å². The normalized spacial score (nSPS) is 11.5. The van der Waals surface area contributed by atoms with Crippen LogP contribution >= 0.6 is 12.2 Å². The molecule has 21 heavy (non-hydrogen) atoms. The van der Waals surface area contributed by atoms with Crippen molar-refractivity contribution in [2.45, 2.75) is 11.3 Å². The highest BCUT2D eigenvalue weighted by Gasteiger charge is 2.14. The smallest absolute Gasteiger partial charge is 0.240 e. The van der Waals surface area contributed by atoms with Crippen LogP contribution in [0.4, 0.5) is 0 Å². The van der Waals surface area contributed by atoms with Crippen molar-refractivity contribution >= 4 is 27.2 Å². The summed E-state index contributed by atoms with van der Waals surface area (Å²) >= 11 is 4.82. The number of nitrogens with zero attached hydrogens (tertiary/aromatic N) is 3. The van der Waals surface area contributed by atoms with Gasteiger partial charge in [-0.2, -0.15) is 0 Å². The van der Waals surface area contributed by atoms with Crippen molar-refractivity contribution in [3.05, 3.63) is 42.0 Å². The quantitative estimate of drug-likeness (QED) is 0.723. The van der Waals surface area contributed by atoms with Crippen LogP contribution in [0.3, 0.4) is 0 Å². The molecule has 2 rings (SSSR count). The van der Waals surface area contributed by atoms with Gasteiger partial charge in [0.25, 0.3) is 0 Å². The van der Waals surface area contributed by atoms with Crippen molar-refractivity contribution in [3.8, 4) is 0 Å². The number of nitrogens with two attached hydrogens (primary N) is 1. The first-order valence-corrected chi connectivity index (χ1v) is 8.02. The summed E-state index contributed by atoms with van der Waals surface area (Å²) in [6.07, 6.45) is 2.03. The summed E-state index contributed by atoms with van der Waals surface area (Å²) in [5.74, 6) is 0.710. The third-order valence-electron chi connectivity index (χ3n) is 2.89. The second kappa shape index (κ2) is 6.29. The molecule has 0 aliphatic heterocycles. The molecule has 0 spiro atoms. The van der Waals surface area contributed by atoms with E-state index < -0.39 is 10.0 Å². The van der Waals surface area contributed by atoms with E-state index in [9.17, 15) is 8.42 Å². The number of aryl methyl sites for hydroxylation is 1. The lowest BCUT2D eigenvalue weighted by Crippen LogP contribution is -2.26. The van der Waals surface area contributed by atoms with Crippen molar-refractivity contribution in [1.29, 1.82) is 0 Å². The molecule has 2 aromatic rings. The Morgan fingerprint density at radius 1 is 1.38 bits per heavy atom. The molecule has 3 N–H and O–H groups in total. The van der Waals surface area contributed by atoms with Gasteiger partial charge in [0.05, 0.1) is 4.90 Å². The fourth-order valence-electron chi connectivity index (χ4n) is 1.71. The molecule has 112 valence electrons. The largest absolute Gasteiger partial charge is 0.389 e. The van der Waals surface area contributed by atoms with Crippen LogP contribution in [0.25, 0.3) is 0 Å². The van der Waals surface area contributed by atoms with E-state index >= 15 is 0 Å². The van der Waals surface area contributed by atoms with E-state index in [1.54, 1.807) is 30.1 Å². The molecule has 0 radical (unpaired) electrons. The van der Waals surface area contributed by atoms with Crippen LogP contribution in [0.5, 0.6) is 0 Å². The average molecular weight is 325 g/mol.